The molecule has 0 spiro atoms. The van der Waals surface area contributed by atoms with E-state index in [1.165, 1.54) is 6.33 Å². The molecule has 0 aliphatic rings. The van der Waals surface area contributed by atoms with Crippen LogP contribution in [-0.4, -0.2) is 48.2 Å². The van der Waals surface area contributed by atoms with Crippen LogP contribution < -0.4 is 10.6 Å². The number of fused-ring (bicyclic) bond motifs is 1. The van der Waals surface area contributed by atoms with Crippen molar-refractivity contribution in [3.05, 3.63) is 54.4 Å². The van der Waals surface area contributed by atoms with Crippen LogP contribution in [0.4, 0.5) is 22.0 Å². The van der Waals surface area contributed by atoms with Crippen molar-refractivity contribution in [1.29, 1.82) is 0 Å². The Morgan fingerprint density at radius 3 is 2.86 bits per heavy atom. The quantitative estimate of drug-likeness (QED) is 0.645. The Balaban J connectivity index is 1.80. The highest BCUT2D eigenvalue weighted by Crippen LogP contribution is 2.25. The van der Waals surface area contributed by atoms with Crippen LogP contribution in [0, 0.1) is 12.3 Å². The van der Waals surface area contributed by atoms with Crippen LogP contribution >= 0.6 is 0 Å². The fraction of sp³-hybridized carbons (Fsp3) is 0.190. The van der Waals surface area contributed by atoms with Crippen LogP contribution in [0.15, 0.2) is 48.8 Å². The van der Waals surface area contributed by atoms with Gasteiger partial charge in [0.2, 0.25) is 0 Å². The summed E-state index contributed by atoms with van der Waals surface area (Å²) in [7, 11) is 3.31. The van der Waals surface area contributed by atoms with E-state index in [1.807, 2.05) is 42.5 Å². The number of likely N-dealkylation sites (N-methyl/N-ethyl adjacent to an activating group) is 1. The zero-order chi connectivity index (χ0) is 19.9. The summed E-state index contributed by atoms with van der Waals surface area (Å²) in [6.07, 6.45) is 6.94. The Hall–Kier alpha value is -3.63. The van der Waals surface area contributed by atoms with Crippen LogP contribution in [0.2, 0.25) is 0 Å². The number of nitrogens with one attached hydrogen (secondary N) is 2. The maximum atomic E-state index is 12.2. The summed E-state index contributed by atoms with van der Waals surface area (Å²) in [5, 5.41) is 6.96. The minimum absolute atomic E-state index is 0.213. The van der Waals surface area contributed by atoms with Gasteiger partial charge in [-0.15, -0.1) is 6.42 Å². The minimum Gasteiger partial charge on any atom is -0.383 e. The Bertz CT molecular complexity index is 1030. The number of amides is 2. The predicted octanol–water partition coefficient (Wildman–Crippen LogP) is 3.46. The van der Waals surface area contributed by atoms with Crippen LogP contribution in [0.3, 0.4) is 0 Å². The molecule has 7 nitrogen and oxygen atoms in total. The first kappa shape index (κ1) is 19.1. The fourth-order valence-electron chi connectivity index (χ4n) is 2.61. The topological polar surface area (TPSA) is 79.4 Å². The molecule has 1 aromatic heterocycles. The van der Waals surface area contributed by atoms with Gasteiger partial charge in [0, 0.05) is 43.0 Å². The summed E-state index contributed by atoms with van der Waals surface area (Å²) in [5.74, 6) is 3.27. The van der Waals surface area contributed by atoms with Crippen molar-refractivity contribution >= 4 is 34.1 Å². The van der Waals surface area contributed by atoms with Crippen molar-refractivity contribution in [3.8, 4) is 12.3 Å². The van der Waals surface area contributed by atoms with Gasteiger partial charge >= 0.3 is 6.03 Å². The monoisotopic (exact) mass is 375 g/mol. The van der Waals surface area contributed by atoms with Gasteiger partial charge < -0.3 is 20.3 Å². The van der Waals surface area contributed by atoms with E-state index in [0.717, 1.165) is 16.6 Å². The number of hydrogen-bond donors (Lipinski definition) is 2. The number of aromatic nitrogens is 2. The van der Waals surface area contributed by atoms with Gasteiger partial charge in [0.05, 0.1) is 12.1 Å². The molecule has 28 heavy (non-hydrogen) atoms. The maximum Gasteiger partial charge on any atom is 0.321 e. The molecule has 0 aliphatic heterocycles. The number of anilines is 3. The first-order valence-corrected chi connectivity index (χ1v) is 8.70. The van der Waals surface area contributed by atoms with E-state index in [4.69, 9.17) is 11.2 Å². The Kier molecular flexibility index (Phi) is 6.04. The van der Waals surface area contributed by atoms with E-state index in [-0.39, 0.29) is 6.03 Å². The lowest BCUT2D eigenvalue weighted by atomic mass is 10.2. The van der Waals surface area contributed by atoms with Crippen LogP contribution in [0.25, 0.3) is 10.9 Å². The Morgan fingerprint density at radius 2 is 2.07 bits per heavy atom. The summed E-state index contributed by atoms with van der Waals surface area (Å²) < 4.78 is 4.99. The predicted molar refractivity (Wildman–Crippen MR) is 111 cm³/mol. The van der Waals surface area contributed by atoms with Crippen molar-refractivity contribution in [3.63, 3.8) is 0 Å². The molecule has 0 unspecified atom stereocenters. The molecule has 0 atom stereocenters. The molecule has 2 amide bonds. The molecule has 0 aliphatic carbocycles. The van der Waals surface area contributed by atoms with E-state index in [9.17, 15) is 4.79 Å². The number of hydrogen-bond acceptors (Lipinski definition) is 5. The number of terminal acetylenes is 1. The molecule has 3 rings (SSSR count). The normalized spacial score (nSPS) is 10.3. The molecule has 3 aromatic rings. The van der Waals surface area contributed by atoms with E-state index in [2.05, 4.69) is 26.5 Å². The number of carbonyl (C=O) groups excluding carboxylic acids is 1. The third-order valence-electron chi connectivity index (χ3n) is 4.16. The van der Waals surface area contributed by atoms with Gasteiger partial charge in [-0.25, -0.2) is 14.8 Å². The number of ether oxygens (including phenoxy) is 1. The highest BCUT2D eigenvalue weighted by molar-refractivity contribution is 5.96. The second-order valence-electron chi connectivity index (χ2n) is 6.15. The molecular weight excluding hydrogens is 354 g/mol. The molecule has 142 valence electrons. The van der Waals surface area contributed by atoms with Gasteiger partial charge in [0.25, 0.3) is 0 Å². The average Bonchev–Trinajstić information content (AvgIpc) is 2.72. The van der Waals surface area contributed by atoms with Crippen LogP contribution in [-0.2, 0) is 4.74 Å². The lowest BCUT2D eigenvalue weighted by Crippen LogP contribution is -2.33. The van der Waals surface area contributed by atoms with Gasteiger partial charge in [-0.1, -0.05) is 12.0 Å². The number of benzene rings is 2. The second-order valence-corrected chi connectivity index (χ2v) is 6.15. The van der Waals surface area contributed by atoms with E-state index in [1.54, 1.807) is 19.1 Å². The SMILES string of the molecule is C#Cc1cccc(Nc2ncnc3cc(NC(=O)N(C)CCOC)ccc23)c1. The summed E-state index contributed by atoms with van der Waals surface area (Å²) in [6, 6.07) is 12.8. The molecule has 7 heteroatoms. The first-order valence-electron chi connectivity index (χ1n) is 8.70. The lowest BCUT2D eigenvalue weighted by molar-refractivity contribution is 0.165. The molecule has 0 bridgehead atoms. The minimum atomic E-state index is -0.213. The Labute approximate surface area is 163 Å². The second kappa shape index (κ2) is 8.84. The standard InChI is InChI=1S/C21H21N5O2/c1-4-15-6-5-7-16(12-15)24-20-18-9-8-17(13-19(18)22-14-23-20)25-21(27)26(2)10-11-28-3/h1,5-9,12-14H,10-11H2,2-3H3,(H,25,27)(H,22,23,24). The largest absolute Gasteiger partial charge is 0.383 e. The van der Waals surface area contributed by atoms with Crippen molar-refractivity contribution in [2.45, 2.75) is 0 Å². The lowest BCUT2D eigenvalue weighted by Gasteiger charge is -2.17. The number of methoxy groups -OCH3 is 1. The molecule has 0 radical (unpaired) electrons. The number of urea groups is 1. The van der Waals surface area contributed by atoms with Gasteiger partial charge in [-0.2, -0.15) is 0 Å². The van der Waals surface area contributed by atoms with E-state index < -0.39 is 0 Å². The molecular formula is C21H21N5O2. The van der Waals surface area contributed by atoms with Gasteiger partial charge in [-0.05, 0) is 36.4 Å². The molecule has 0 fully saturated rings. The average molecular weight is 375 g/mol. The first-order chi connectivity index (χ1) is 13.6. The molecule has 1 heterocycles. The zero-order valence-electron chi connectivity index (χ0n) is 15.8. The van der Waals surface area contributed by atoms with Crippen molar-refractivity contribution in [2.75, 3.05) is 37.9 Å². The zero-order valence-corrected chi connectivity index (χ0v) is 15.8. The van der Waals surface area contributed by atoms with Crippen molar-refractivity contribution in [1.82, 2.24) is 14.9 Å². The Morgan fingerprint density at radius 1 is 1.21 bits per heavy atom. The third kappa shape index (κ3) is 4.55. The van der Waals surface area contributed by atoms with E-state index >= 15 is 0 Å². The van der Waals surface area contributed by atoms with Crippen molar-refractivity contribution < 1.29 is 9.53 Å². The van der Waals surface area contributed by atoms with Gasteiger partial charge in [-0.3, -0.25) is 0 Å². The van der Waals surface area contributed by atoms with Crippen LogP contribution in [0.1, 0.15) is 5.56 Å². The fourth-order valence-corrected chi connectivity index (χ4v) is 2.61. The summed E-state index contributed by atoms with van der Waals surface area (Å²) in [4.78, 5) is 22.4. The number of rotatable bonds is 6. The summed E-state index contributed by atoms with van der Waals surface area (Å²) in [6.45, 7) is 0.980. The molecule has 0 saturated heterocycles. The highest BCUT2D eigenvalue weighted by atomic mass is 16.5. The van der Waals surface area contributed by atoms with Gasteiger partial charge in [0.15, 0.2) is 0 Å². The van der Waals surface area contributed by atoms with E-state index in [0.29, 0.717) is 30.2 Å². The van der Waals surface area contributed by atoms with Gasteiger partial charge in [0.1, 0.15) is 12.1 Å². The molecule has 0 saturated carbocycles. The number of nitrogens with zero attached hydrogens (tertiary/aromatic N) is 3. The highest BCUT2D eigenvalue weighted by Gasteiger charge is 2.10. The molecule has 2 N–H and O–H groups in total. The summed E-state index contributed by atoms with van der Waals surface area (Å²) >= 11 is 0. The van der Waals surface area contributed by atoms with Crippen LogP contribution in [0.5, 0.6) is 0 Å². The smallest absolute Gasteiger partial charge is 0.321 e. The summed E-state index contributed by atoms with van der Waals surface area (Å²) in [5.41, 5.74) is 2.99. The maximum absolute atomic E-state index is 12.2. The van der Waals surface area contributed by atoms with Crippen molar-refractivity contribution in [2.24, 2.45) is 0 Å². The molecule has 2 aromatic carbocycles. The number of carbonyl (C=O) groups is 1. The third-order valence-corrected chi connectivity index (χ3v) is 4.16.